The van der Waals surface area contributed by atoms with E-state index in [1.807, 2.05) is 52.0 Å². The Balaban J connectivity index is 0.00000137. The summed E-state index contributed by atoms with van der Waals surface area (Å²) in [4.78, 5) is 39.8. The first-order valence-electron chi connectivity index (χ1n) is 11.2. The first-order valence-corrected chi connectivity index (χ1v) is 11.2. The molecule has 0 aliphatic carbocycles. The third-order valence-corrected chi connectivity index (χ3v) is 5.10. The lowest BCUT2D eigenvalue weighted by Crippen LogP contribution is -2.51. The first kappa shape index (κ1) is 28.5. The summed E-state index contributed by atoms with van der Waals surface area (Å²) in [6.07, 6.45) is 0.275. The van der Waals surface area contributed by atoms with E-state index in [-0.39, 0.29) is 30.0 Å². The van der Waals surface area contributed by atoms with E-state index in [4.69, 9.17) is 18.9 Å². The molecule has 34 heavy (non-hydrogen) atoms. The number of methoxy groups -OCH3 is 4. The molecule has 0 N–H and O–H groups in total. The van der Waals surface area contributed by atoms with Crippen LogP contribution in [0.4, 0.5) is 0 Å². The van der Waals surface area contributed by atoms with E-state index in [0.717, 1.165) is 11.1 Å². The lowest BCUT2D eigenvalue weighted by Gasteiger charge is -2.34. The average Bonchev–Trinajstić information content (AvgIpc) is 2.92. The first-order chi connectivity index (χ1) is 16.4. The molecule has 1 heterocycles. The molecule has 0 spiro atoms. The number of fused-ring (bicyclic) bond motifs is 1. The number of benzene rings is 2. The van der Waals surface area contributed by atoms with Crippen molar-refractivity contribution >= 4 is 17.7 Å². The molecule has 186 valence electrons. The van der Waals surface area contributed by atoms with Gasteiger partial charge in [0.05, 0.1) is 28.4 Å². The Bertz CT molecular complexity index is 962. The fourth-order valence-corrected chi connectivity index (χ4v) is 3.55. The van der Waals surface area contributed by atoms with E-state index in [9.17, 15) is 14.4 Å². The number of carbonyl (C=O) groups excluding carboxylic acids is 3. The molecule has 1 aliphatic heterocycles. The van der Waals surface area contributed by atoms with Crippen molar-refractivity contribution in [1.82, 2.24) is 4.90 Å². The lowest BCUT2D eigenvalue weighted by molar-refractivity contribution is -0.152. The topological polar surface area (TPSA) is 91.4 Å². The van der Waals surface area contributed by atoms with Gasteiger partial charge in [0, 0.05) is 18.5 Å². The maximum atomic E-state index is 13.1. The maximum Gasteiger partial charge on any atom is 0.328 e. The van der Waals surface area contributed by atoms with E-state index >= 15 is 0 Å². The van der Waals surface area contributed by atoms with Crippen LogP contribution in [-0.2, 0) is 27.3 Å². The van der Waals surface area contributed by atoms with Gasteiger partial charge in [-0.15, -0.1) is 0 Å². The third-order valence-electron chi connectivity index (χ3n) is 5.10. The quantitative estimate of drug-likeness (QED) is 0.355. The smallest absolute Gasteiger partial charge is 0.328 e. The lowest BCUT2D eigenvalue weighted by atomic mass is 9.93. The van der Waals surface area contributed by atoms with E-state index in [0.29, 0.717) is 5.75 Å². The van der Waals surface area contributed by atoms with Gasteiger partial charge >= 0.3 is 5.97 Å². The summed E-state index contributed by atoms with van der Waals surface area (Å²) in [5.41, 5.74) is 1.89. The monoisotopic (exact) mass is 473 g/mol. The molecule has 1 atom stereocenters. The van der Waals surface area contributed by atoms with Gasteiger partial charge in [-0.3, -0.25) is 9.59 Å². The second-order valence-corrected chi connectivity index (χ2v) is 6.69. The second kappa shape index (κ2) is 13.9. The number of nitrogens with zero attached hydrogens (tertiary/aromatic N) is 1. The summed E-state index contributed by atoms with van der Waals surface area (Å²) in [5.74, 6) is -1.36. The van der Waals surface area contributed by atoms with Crippen LogP contribution in [0.25, 0.3) is 0 Å². The van der Waals surface area contributed by atoms with Crippen molar-refractivity contribution in [2.24, 2.45) is 0 Å². The maximum absolute atomic E-state index is 13.1. The molecule has 1 amide bonds. The summed E-state index contributed by atoms with van der Waals surface area (Å²) in [5, 5.41) is 0. The van der Waals surface area contributed by atoms with Gasteiger partial charge in [0.25, 0.3) is 11.7 Å². The molecular weight excluding hydrogens is 438 g/mol. The molecule has 0 aromatic heterocycles. The van der Waals surface area contributed by atoms with E-state index in [1.165, 1.54) is 45.5 Å². The summed E-state index contributed by atoms with van der Waals surface area (Å²) >= 11 is 0. The normalized spacial score (nSPS) is 13.6. The molecule has 0 bridgehead atoms. The molecule has 8 nitrogen and oxygen atoms in total. The number of hydrogen-bond donors (Lipinski definition) is 0. The van der Waals surface area contributed by atoms with Gasteiger partial charge in [0.2, 0.25) is 5.75 Å². The minimum Gasteiger partial charge on any atom is -0.493 e. The molecule has 2 aromatic carbocycles. The summed E-state index contributed by atoms with van der Waals surface area (Å²) in [6, 6.07) is 9.41. The molecule has 0 fully saturated rings. The van der Waals surface area contributed by atoms with Crippen molar-refractivity contribution in [3.8, 4) is 17.2 Å². The van der Waals surface area contributed by atoms with Crippen LogP contribution in [0, 0.1) is 0 Å². The van der Waals surface area contributed by atoms with Crippen LogP contribution < -0.4 is 14.2 Å². The van der Waals surface area contributed by atoms with Crippen LogP contribution >= 0.6 is 0 Å². The number of ether oxygens (including phenoxy) is 4. The zero-order valence-corrected chi connectivity index (χ0v) is 21.3. The molecular formula is C26H35NO7. The highest BCUT2D eigenvalue weighted by Gasteiger charge is 2.38. The molecule has 8 heteroatoms. The Labute approximate surface area is 201 Å². The van der Waals surface area contributed by atoms with Gasteiger partial charge in [-0.2, -0.15) is 0 Å². The standard InChI is InChI=1S/C22H23NO7.2C2H6/c1-27-17-10-15(11-18(28-2)20(17)29-3)19(24)21(25)23-12-14-8-6-5-7-13(14)9-16(23)22(26)30-4;2*1-2/h5-8,10-11,16H,9,12H2,1-4H3;2*1-2H3. The van der Waals surface area contributed by atoms with Crippen LogP contribution in [0.1, 0.15) is 49.2 Å². The fraction of sp³-hybridized carbons (Fsp3) is 0.423. The van der Waals surface area contributed by atoms with E-state index < -0.39 is 23.7 Å². The zero-order valence-electron chi connectivity index (χ0n) is 21.3. The van der Waals surface area contributed by atoms with E-state index in [2.05, 4.69) is 0 Å². The number of carbonyl (C=O) groups is 3. The molecule has 3 rings (SSSR count). The van der Waals surface area contributed by atoms with Crippen molar-refractivity contribution in [2.75, 3.05) is 28.4 Å². The summed E-state index contributed by atoms with van der Waals surface area (Å²) in [6.45, 7) is 8.13. The van der Waals surface area contributed by atoms with Crippen LogP contribution in [0.5, 0.6) is 17.2 Å². The van der Waals surface area contributed by atoms with Crippen molar-refractivity contribution in [3.05, 3.63) is 53.1 Å². The number of ketones is 1. The predicted molar refractivity (Wildman–Crippen MR) is 130 cm³/mol. The van der Waals surface area contributed by atoms with Gasteiger partial charge in [-0.25, -0.2) is 4.79 Å². The van der Waals surface area contributed by atoms with Crippen molar-refractivity contribution in [3.63, 3.8) is 0 Å². The summed E-state index contributed by atoms with van der Waals surface area (Å²) < 4.78 is 20.7. The molecule has 0 radical (unpaired) electrons. The predicted octanol–water partition coefficient (Wildman–Crippen LogP) is 4.07. The van der Waals surface area contributed by atoms with Gasteiger partial charge in [-0.05, 0) is 23.3 Å². The number of rotatable bonds is 6. The summed E-state index contributed by atoms with van der Waals surface area (Å²) in [7, 11) is 5.54. The average molecular weight is 474 g/mol. The highest BCUT2D eigenvalue weighted by molar-refractivity contribution is 6.43. The molecule has 1 unspecified atom stereocenters. The largest absolute Gasteiger partial charge is 0.493 e. The van der Waals surface area contributed by atoms with Crippen molar-refractivity contribution < 1.29 is 33.3 Å². The molecule has 1 aliphatic rings. The van der Waals surface area contributed by atoms with E-state index in [1.54, 1.807) is 0 Å². The Morgan fingerprint density at radius 2 is 1.35 bits per heavy atom. The van der Waals surface area contributed by atoms with Crippen LogP contribution in [0.3, 0.4) is 0 Å². The number of hydrogen-bond acceptors (Lipinski definition) is 7. The minimum absolute atomic E-state index is 0.0666. The molecule has 0 saturated carbocycles. The Kier molecular flexibility index (Phi) is 11.6. The van der Waals surface area contributed by atoms with Crippen LogP contribution in [-0.4, -0.2) is 57.0 Å². The van der Waals surface area contributed by atoms with Crippen LogP contribution in [0.15, 0.2) is 36.4 Å². The zero-order chi connectivity index (χ0) is 25.8. The highest BCUT2D eigenvalue weighted by Crippen LogP contribution is 2.38. The van der Waals surface area contributed by atoms with Gasteiger partial charge < -0.3 is 23.8 Å². The van der Waals surface area contributed by atoms with Gasteiger partial charge in [-0.1, -0.05) is 52.0 Å². The second-order valence-electron chi connectivity index (χ2n) is 6.69. The van der Waals surface area contributed by atoms with Crippen LogP contribution in [0.2, 0.25) is 0 Å². The van der Waals surface area contributed by atoms with Gasteiger partial charge in [0.15, 0.2) is 11.5 Å². The van der Waals surface area contributed by atoms with Crippen molar-refractivity contribution in [1.29, 1.82) is 0 Å². The molecule has 0 saturated heterocycles. The highest BCUT2D eigenvalue weighted by atomic mass is 16.5. The fourth-order valence-electron chi connectivity index (χ4n) is 3.55. The number of esters is 1. The van der Waals surface area contributed by atoms with Gasteiger partial charge in [0.1, 0.15) is 6.04 Å². The van der Waals surface area contributed by atoms with Crippen molar-refractivity contribution in [2.45, 2.75) is 46.7 Å². The third kappa shape index (κ3) is 6.07. The Morgan fingerprint density at radius 3 is 1.82 bits per heavy atom. The minimum atomic E-state index is -0.886. The Hall–Kier alpha value is -3.55. The SMILES string of the molecule is CC.CC.COC(=O)C1Cc2ccccc2CN1C(=O)C(=O)c1cc(OC)c(OC)c(OC)c1. The molecule has 2 aromatic rings. The Morgan fingerprint density at radius 1 is 0.824 bits per heavy atom. The number of Topliss-reactive ketones (excluding diaryl/α,β-unsaturated/α-hetero) is 1. The number of amides is 1.